The predicted octanol–water partition coefficient (Wildman–Crippen LogP) is 4.99. The Kier molecular flexibility index (Phi) is 5.75. The Morgan fingerprint density at radius 3 is 2.39 bits per heavy atom. The molecule has 0 spiro atoms. The van der Waals surface area contributed by atoms with Crippen LogP contribution < -0.4 is 4.72 Å². The first kappa shape index (κ1) is 23.3. The highest BCUT2D eigenvalue weighted by Gasteiger charge is 2.49. The summed E-state index contributed by atoms with van der Waals surface area (Å²) in [6.45, 7) is 2.22. The van der Waals surface area contributed by atoms with Crippen molar-refractivity contribution in [2.75, 3.05) is 0 Å². The molecule has 0 unspecified atom stereocenters. The number of nitrogens with zero attached hydrogens (tertiary/aromatic N) is 3. The van der Waals surface area contributed by atoms with E-state index in [-0.39, 0.29) is 4.90 Å². The summed E-state index contributed by atoms with van der Waals surface area (Å²) >= 11 is 0. The van der Waals surface area contributed by atoms with E-state index in [0.29, 0.717) is 40.3 Å². The molecule has 0 saturated heterocycles. The van der Waals surface area contributed by atoms with Gasteiger partial charge in [-0.25, -0.2) is 13.4 Å². The second kappa shape index (κ2) is 8.15. The number of nitriles is 1. The summed E-state index contributed by atoms with van der Waals surface area (Å²) in [4.78, 5) is 4.18. The highest BCUT2D eigenvalue weighted by molar-refractivity contribution is 7.89. The lowest BCUT2D eigenvalue weighted by Gasteiger charge is -2.28. The summed E-state index contributed by atoms with van der Waals surface area (Å²) in [5.41, 5.74) is -0.284. The molecule has 0 radical (unpaired) electrons. The molecule has 2 heterocycles. The zero-order valence-electron chi connectivity index (χ0n) is 18.1. The van der Waals surface area contributed by atoms with Crippen molar-refractivity contribution in [1.82, 2.24) is 14.3 Å². The van der Waals surface area contributed by atoms with Crippen LogP contribution in [0.25, 0.3) is 22.3 Å². The number of aromatic nitrogens is 2. The van der Waals surface area contributed by atoms with Crippen LogP contribution in [0.2, 0.25) is 0 Å². The molecule has 4 rings (SSSR count). The monoisotopic (exact) mass is 476 g/mol. The fourth-order valence-electron chi connectivity index (χ4n) is 3.94. The van der Waals surface area contributed by atoms with E-state index in [4.69, 9.17) is 0 Å². The fourth-order valence-corrected chi connectivity index (χ4v) is 5.34. The minimum atomic E-state index is -4.75. The molecule has 174 valence electrons. The van der Waals surface area contributed by atoms with E-state index in [0.717, 1.165) is 33.1 Å². The molecule has 33 heavy (non-hydrogen) atoms. The Morgan fingerprint density at radius 1 is 1.18 bits per heavy atom. The lowest BCUT2D eigenvalue weighted by atomic mass is 9.85. The van der Waals surface area contributed by atoms with Gasteiger partial charge in [-0.15, -0.1) is 0 Å². The number of rotatable bonds is 6. The number of nitrogens with one attached hydrogen (secondary N) is 1. The largest absolute Gasteiger partial charge is 0.407 e. The predicted molar refractivity (Wildman–Crippen MR) is 118 cm³/mol. The van der Waals surface area contributed by atoms with Crippen LogP contribution in [0, 0.1) is 17.2 Å². The molecule has 1 N–H and O–H groups in total. The molecule has 1 aliphatic carbocycles. The summed E-state index contributed by atoms with van der Waals surface area (Å²) < 4.78 is 68.4. The van der Waals surface area contributed by atoms with Crippen molar-refractivity contribution in [3.63, 3.8) is 0 Å². The summed E-state index contributed by atoms with van der Waals surface area (Å²) in [6.07, 6.45) is 0.244. The first-order chi connectivity index (χ1) is 15.4. The van der Waals surface area contributed by atoms with Gasteiger partial charge in [0.05, 0.1) is 16.2 Å². The smallest absolute Gasteiger partial charge is 0.324 e. The normalized spacial score (nSPS) is 15.4. The van der Waals surface area contributed by atoms with Crippen molar-refractivity contribution in [1.29, 1.82) is 5.26 Å². The van der Waals surface area contributed by atoms with Crippen molar-refractivity contribution in [2.45, 2.75) is 56.3 Å². The van der Waals surface area contributed by atoms with Crippen LogP contribution in [0.4, 0.5) is 13.2 Å². The zero-order chi connectivity index (χ0) is 24.0. The molecule has 1 saturated carbocycles. The van der Waals surface area contributed by atoms with Crippen molar-refractivity contribution in [3.8, 4) is 17.3 Å². The molecular weight excluding hydrogens is 453 g/mol. The number of hydrogen-bond donors (Lipinski definition) is 1. The third kappa shape index (κ3) is 4.23. The van der Waals surface area contributed by atoms with Crippen molar-refractivity contribution in [3.05, 3.63) is 48.2 Å². The standard InChI is InChI=1S/C23H23F3N4O2S/c1-22(2,23(24,25)26)29-33(31,32)17-10-8-16(9-11-17)20-19(13-27)18-7-4-12-28-21(18)30(20)14-15-5-3-6-15/h4,7-12,15,29H,3,5-6,14H2,1-2H3. The second-order valence-electron chi connectivity index (χ2n) is 8.87. The maximum Gasteiger partial charge on any atom is 0.407 e. The minimum absolute atomic E-state index is 0.290. The Labute approximate surface area is 190 Å². The zero-order valence-corrected chi connectivity index (χ0v) is 19.0. The van der Waals surface area contributed by atoms with Crippen LogP contribution in [-0.2, 0) is 16.6 Å². The number of hydrogen-bond acceptors (Lipinski definition) is 4. The third-order valence-electron chi connectivity index (χ3n) is 6.13. The van der Waals surface area contributed by atoms with Crippen LogP contribution in [0.3, 0.4) is 0 Å². The molecule has 2 aromatic heterocycles. The highest BCUT2D eigenvalue weighted by Crippen LogP contribution is 2.37. The quantitative estimate of drug-likeness (QED) is 0.543. The molecule has 1 aliphatic rings. The van der Waals surface area contributed by atoms with Crippen LogP contribution in [0.1, 0.15) is 38.7 Å². The van der Waals surface area contributed by atoms with Gasteiger partial charge in [0.15, 0.2) is 0 Å². The van der Waals surface area contributed by atoms with Gasteiger partial charge in [-0.2, -0.15) is 23.2 Å². The number of alkyl halides is 3. The number of halogens is 3. The SMILES string of the molecule is CC(C)(NS(=O)(=O)c1ccc(-c2c(C#N)c3cccnc3n2CC2CCC2)cc1)C(F)(F)F. The lowest BCUT2D eigenvalue weighted by Crippen LogP contribution is -2.54. The first-order valence-corrected chi connectivity index (χ1v) is 12.0. The van der Waals surface area contributed by atoms with Gasteiger partial charge in [-0.3, -0.25) is 0 Å². The van der Waals surface area contributed by atoms with Gasteiger partial charge < -0.3 is 4.57 Å². The summed E-state index contributed by atoms with van der Waals surface area (Å²) in [6, 6.07) is 11.4. The Hall–Kier alpha value is -2.90. The highest BCUT2D eigenvalue weighted by atomic mass is 32.2. The molecule has 6 nitrogen and oxygen atoms in total. The van der Waals surface area contributed by atoms with Gasteiger partial charge >= 0.3 is 6.18 Å². The molecule has 0 atom stereocenters. The average molecular weight is 477 g/mol. The van der Waals surface area contributed by atoms with Crippen LogP contribution in [0.15, 0.2) is 47.5 Å². The van der Waals surface area contributed by atoms with Gasteiger partial charge in [0, 0.05) is 18.1 Å². The fraction of sp³-hybridized carbons (Fsp3) is 0.391. The summed E-state index contributed by atoms with van der Waals surface area (Å²) in [7, 11) is -4.42. The molecule has 1 aromatic carbocycles. The van der Waals surface area contributed by atoms with Gasteiger partial charge in [0.2, 0.25) is 10.0 Å². The van der Waals surface area contributed by atoms with E-state index in [1.54, 1.807) is 17.0 Å². The Balaban J connectivity index is 1.76. The van der Waals surface area contributed by atoms with E-state index in [2.05, 4.69) is 11.1 Å². The Morgan fingerprint density at radius 2 is 1.85 bits per heavy atom. The van der Waals surface area contributed by atoms with Crippen LogP contribution in [0.5, 0.6) is 0 Å². The van der Waals surface area contributed by atoms with Gasteiger partial charge in [-0.1, -0.05) is 18.6 Å². The molecule has 0 bridgehead atoms. The van der Waals surface area contributed by atoms with E-state index in [1.807, 2.05) is 10.6 Å². The number of fused-ring (bicyclic) bond motifs is 1. The lowest BCUT2D eigenvalue weighted by molar-refractivity contribution is -0.180. The number of sulfonamides is 1. The maximum absolute atomic E-state index is 13.2. The summed E-state index contributed by atoms with van der Waals surface area (Å²) in [5, 5.41) is 10.6. The van der Waals surface area contributed by atoms with Crippen LogP contribution >= 0.6 is 0 Å². The molecule has 0 aliphatic heterocycles. The molecular formula is C23H23F3N4O2S. The van der Waals surface area contributed by atoms with Crippen molar-refractivity contribution in [2.24, 2.45) is 5.92 Å². The van der Waals surface area contributed by atoms with Crippen molar-refractivity contribution >= 4 is 21.1 Å². The number of pyridine rings is 1. The second-order valence-corrected chi connectivity index (χ2v) is 10.6. The van der Waals surface area contributed by atoms with Crippen LogP contribution in [-0.4, -0.2) is 29.7 Å². The molecule has 0 amide bonds. The van der Waals surface area contributed by atoms with E-state index in [1.165, 1.54) is 24.3 Å². The maximum atomic E-state index is 13.2. The van der Waals surface area contributed by atoms with Crippen molar-refractivity contribution < 1.29 is 21.6 Å². The third-order valence-corrected chi connectivity index (χ3v) is 7.80. The summed E-state index contributed by atoms with van der Waals surface area (Å²) in [5.74, 6) is 0.473. The molecule has 10 heteroatoms. The molecule has 1 fully saturated rings. The Bertz CT molecular complexity index is 1330. The van der Waals surface area contributed by atoms with Gasteiger partial charge in [-0.05, 0) is 62.4 Å². The van der Waals surface area contributed by atoms with Gasteiger partial charge in [0.25, 0.3) is 0 Å². The minimum Gasteiger partial charge on any atom is -0.324 e. The van der Waals surface area contributed by atoms with Gasteiger partial charge in [0.1, 0.15) is 17.3 Å². The topological polar surface area (TPSA) is 87.8 Å². The van der Waals surface area contributed by atoms with E-state index >= 15 is 0 Å². The van der Waals surface area contributed by atoms with E-state index in [9.17, 15) is 26.9 Å². The molecule has 3 aromatic rings. The first-order valence-electron chi connectivity index (χ1n) is 10.5. The average Bonchev–Trinajstić information content (AvgIpc) is 3.02. The van der Waals surface area contributed by atoms with E-state index < -0.39 is 21.7 Å². The number of benzene rings is 1.